The van der Waals surface area contributed by atoms with Crippen molar-refractivity contribution in [2.24, 2.45) is 0 Å². The van der Waals surface area contributed by atoms with Gasteiger partial charge in [-0.15, -0.1) is 11.3 Å². The van der Waals surface area contributed by atoms with E-state index in [-0.39, 0.29) is 5.56 Å². The fraction of sp³-hybridized carbons (Fsp3) is 0.217. The Bertz CT molecular complexity index is 1230. The number of benzene rings is 1. The summed E-state index contributed by atoms with van der Waals surface area (Å²) < 4.78 is 0. The van der Waals surface area contributed by atoms with E-state index in [0.717, 1.165) is 51.7 Å². The first-order valence-corrected chi connectivity index (χ1v) is 10.8. The Morgan fingerprint density at radius 2 is 2.00 bits per heavy atom. The first kappa shape index (κ1) is 18.8. The average molecular weight is 416 g/mol. The van der Waals surface area contributed by atoms with Crippen LogP contribution in [0.2, 0.25) is 0 Å². The normalized spacial score (nSPS) is 13.9. The highest BCUT2D eigenvalue weighted by atomic mass is 32.1. The molecule has 3 aromatic heterocycles. The lowest BCUT2D eigenvalue weighted by atomic mass is 10.1. The van der Waals surface area contributed by atoms with E-state index in [0.29, 0.717) is 18.9 Å². The van der Waals surface area contributed by atoms with Crippen molar-refractivity contribution >= 4 is 11.3 Å². The number of aryl methyl sites for hydroxylation is 1. The molecule has 0 radical (unpaired) electrons. The van der Waals surface area contributed by atoms with E-state index >= 15 is 0 Å². The Morgan fingerprint density at radius 3 is 2.77 bits per heavy atom. The summed E-state index contributed by atoms with van der Waals surface area (Å²) >= 11 is 1.58. The highest BCUT2D eigenvalue weighted by Crippen LogP contribution is 2.23. The summed E-state index contributed by atoms with van der Waals surface area (Å²) in [7, 11) is 0. The van der Waals surface area contributed by atoms with Crippen molar-refractivity contribution in [1.82, 2.24) is 24.8 Å². The quantitative estimate of drug-likeness (QED) is 0.548. The maximum absolute atomic E-state index is 12.7. The molecular weight excluding hydrogens is 394 g/mol. The lowest BCUT2D eigenvalue weighted by molar-refractivity contribution is 0.241. The number of hydrogen-bond acceptors (Lipinski definition) is 6. The van der Waals surface area contributed by atoms with Gasteiger partial charge in [0.05, 0.1) is 16.1 Å². The SMILES string of the molecule is Cc1nc(-c2ccccc2)ncc1CN1CCc2nc(-c3cccs3)[nH]c(=O)c2C1. The van der Waals surface area contributed by atoms with Crippen LogP contribution in [0.25, 0.3) is 22.1 Å². The molecule has 1 aliphatic rings. The van der Waals surface area contributed by atoms with Crippen LogP contribution in [0.4, 0.5) is 0 Å². The van der Waals surface area contributed by atoms with Crippen molar-refractivity contribution in [3.63, 3.8) is 0 Å². The molecule has 30 heavy (non-hydrogen) atoms. The zero-order valence-corrected chi connectivity index (χ0v) is 17.4. The number of hydrogen-bond donors (Lipinski definition) is 1. The van der Waals surface area contributed by atoms with Crippen LogP contribution in [0.1, 0.15) is 22.5 Å². The van der Waals surface area contributed by atoms with Gasteiger partial charge >= 0.3 is 0 Å². The minimum Gasteiger partial charge on any atom is -0.306 e. The van der Waals surface area contributed by atoms with E-state index in [4.69, 9.17) is 9.97 Å². The van der Waals surface area contributed by atoms with E-state index in [9.17, 15) is 4.79 Å². The molecule has 1 N–H and O–H groups in total. The molecule has 0 bridgehead atoms. The third-order valence-corrected chi connectivity index (χ3v) is 6.29. The number of thiophene rings is 1. The van der Waals surface area contributed by atoms with Crippen LogP contribution >= 0.6 is 11.3 Å². The van der Waals surface area contributed by atoms with E-state index < -0.39 is 0 Å². The number of rotatable bonds is 4. The number of nitrogens with zero attached hydrogens (tertiary/aromatic N) is 4. The molecule has 7 heteroatoms. The maximum atomic E-state index is 12.7. The molecule has 0 atom stereocenters. The lowest BCUT2D eigenvalue weighted by Gasteiger charge is -2.28. The standard InChI is InChI=1S/C23H21N5OS/c1-15-17(12-24-21(25-15)16-6-3-2-4-7-16)13-28-10-9-19-18(14-28)23(29)27-22(26-19)20-8-5-11-30-20/h2-8,11-12H,9-10,13-14H2,1H3,(H,26,27,29). The molecular formula is C23H21N5OS. The summed E-state index contributed by atoms with van der Waals surface area (Å²) in [6.07, 6.45) is 2.67. The van der Waals surface area contributed by atoms with E-state index in [2.05, 4.69) is 14.9 Å². The summed E-state index contributed by atoms with van der Waals surface area (Å²) in [5.41, 5.74) is 4.69. The van der Waals surface area contributed by atoms with Crippen LogP contribution in [0, 0.1) is 6.92 Å². The fourth-order valence-corrected chi connectivity index (χ4v) is 4.43. The molecule has 0 aliphatic carbocycles. The Morgan fingerprint density at radius 1 is 1.13 bits per heavy atom. The predicted octanol–water partition coefficient (Wildman–Crippen LogP) is 3.82. The van der Waals surface area contributed by atoms with Gasteiger partial charge in [-0.25, -0.2) is 15.0 Å². The van der Waals surface area contributed by atoms with Crippen LogP contribution in [0.15, 0.2) is 58.8 Å². The fourth-order valence-electron chi connectivity index (χ4n) is 3.76. The lowest BCUT2D eigenvalue weighted by Crippen LogP contribution is -2.35. The second kappa shape index (κ2) is 7.93. The molecule has 5 rings (SSSR count). The molecule has 150 valence electrons. The summed E-state index contributed by atoms with van der Waals surface area (Å²) in [4.78, 5) is 32.9. The van der Waals surface area contributed by atoms with Gasteiger partial charge in [-0.2, -0.15) is 0 Å². The number of fused-ring (bicyclic) bond motifs is 1. The van der Waals surface area contributed by atoms with Crippen molar-refractivity contribution in [2.45, 2.75) is 26.4 Å². The first-order valence-electron chi connectivity index (χ1n) is 9.93. The molecule has 6 nitrogen and oxygen atoms in total. The van der Waals surface area contributed by atoms with E-state index in [1.807, 2.05) is 61.0 Å². The van der Waals surface area contributed by atoms with Crippen molar-refractivity contribution < 1.29 is 0 Å². The van der Waals surface area contributed by atoms with Gasteiger partial charge < -0.3 is 4.98 Å². The summed E-state index contributed by atoms with van der Waals surface area (Å²) in [6.45, 7) is 4.17. The van der Waals surface area contributed by atoms with Crippen LogP contribution in [-0.2, 0) is 19.5 Å². The summed E-state index contributed by atoms with van der Waals surface area (Å²) in [5.74, 6) is 1.41. The number of aromatic nitrogens is 4. The summed E-state index contributed by atoms with van der Waals surface area (Å²) in [5, 5.41) is 1.99. The average Bonchev–Trinajstić information content (AvgIpc) is 3.31. The van der Waals surface area contributed by atoms with Gasteiger partial charge in [0.1, 0.15) is 0 Å². The van der Waals surface area contributed by atoms with Crippen molar-refractivity contribution in [3.8, 4) is 22.1 Å². The topological polar surface area (TPSA) is 74.8 Å². The van der Waals surface area contributed by atoms with Crippen molar-refractivity contribution in [2.75, 3.05) is 6.54 Å². The molecule has 4 aromatic rings. The van der Waals surface area contributed by atoms with Crippen molar-refractivity contribution in [3.05, 3.63) is 86.9 Å². The van der Waals surface area contributed by atoms with E-state index in [1.54, 1.807) is 11.3 Å². The van der Waals surface area contributed by atoms with Crippen LogP contribution in [0.5, 0.6) is 0 Å². The molecule has 4 heterocycles. The van der Waals surface area contributed by atoms with Crippen LogP contribution in [0.3, 0.4) is 0 Å². The smallest absolute Gasteiger partial charge is 0.255 e. The Hall–Kier alpha value is -3.16. The van der Waals surface area contributed by atoms with Gasteiger partial charge in [-0.1, -0.05) is 36.4 Å². The highest BCUT2D eigenvalue weighted by molar-refractivity contribution is 7.13. The van der Waals surface area contributed by atoms with Crippen molar-refractivity contribution in [1.29, 1.82) is 0 Å². The second-order valence-corrected chi connectivity index (χ2v) is 8.40. The highest BCUT2D eigenvalue weighted by Gasteiger charge is 2.22. The van der Waals surface area contributed by atoms with Gasteiger partial charge in [-0.05, 0) is 18.4 Å². The molecule has 0 saturated heterocycles. The van der Waals surface area contributed by atoms with Gasteiger partial charge in [0.2, 0.25) is 0 Å². The minimum absolute atomic E-state index is 0.0412. The monoisotopic (exact) mass is 415 g/mol. The predicted molar refractivity (Wildman–Crippen MR) is 118 cm³/mol. The Labute approximate surface area is 178 Å². The third kappa shape index (κ3) is 3.69. The van der Waals surface area contributed by atoms with E-state index in [1.165, 1.54) is 0 Å². The maximum Gasteiger partial charge on any atom is 0.255 e. The largest absolute Gasteiger partial charge is 0.306 e. The zero-order valence-electron chi connectivity index (χ0n) is 16.6. The third-order valence-electron chi connectivity index (χ3n) is 5.41. The molecule has 0 fully saturated rings. The van der Waals surface area contributed by atoms with Gasteiger partial charge in [0.25, 0.3) is 5.56 Å². The second-order valence-electron chi connectivity index (χ2n) is 7.45. The Balaban J connectivity index is 1.35. The van der Waals surface area contributed by atoms with Crippen LogP contribution < -0.4 is 5.56 Å². The van der Waals surface area contributed by atoms with Gasteiger partial charge in [-0.3, -0.25) is 9.69 Å². The zero-order chi connectivity index (χ0) is 20.5. The van der Waals surface area contributed by atoms with Gasteiger partial charge in [0.15, 0.2) is 11.6 Å². The molecule has 1 aromatic carbocycles. The Kier molecular flexibility index (Phi) is 4.98. The molecule has 0 spiro atoms. The number of nitrogens with one attached hydrogen (secondary N) is 1. The molecule has 1 aliphatic heterocycles. The summed E-state index contributed by atoms with van der Waals surface area (Å²) in [6, 6.07) is 13.9. The number of aromatic amines is 1. The molecule has 0 amide bonds. The van der Waals surface area contributed by atoms with Crippen LogP contribution in [-0.4, -0.2) is 31.4 Å². The molecule has 0 saturated carbocycles. The van der Waals surface area contributed by atoms with Gasteiger partial charge in [0, 0.05) is 49.1 Å². The molecule has 0 unspecified atom stereocenters. The minimum atomic E-state index is -0.0412. The first-order chi connectivity index (χ1) is 14.7. The number of H-pyrrole nitrogens is 1.